The lowest BCUT2D eigenvalue weighted by molar-refractivity contribution is 0.415. The van der Waals surface area contributed by atoms with E-state index in [0.717, 1.165) is 30.8 Å². The number of fused-ring (bicyclic) bond motifs is 3. The highest BCUT2D eigenvalue weighted by Crippen LogP contribution is 2.34. The van der Waals surface area contributed by atoms with Crippen LogP contribution >= 0.6 is 47.8 Å². The number of nitrogen functional groups attached to an aromatic ring is 1. The largest absolute Gasteiger partial charge is 0.497 e. The SMILES string of the molecule is COc1ccc(N(CC(Br)Cn2c3ccc(Br)cc3c3cc(Br)ccc32)S(=O)(=O)c2ccc(N)cc2)cc1. The third-order valence-electron chi connectivity index (χ3n) is 6.36. The maximum absolute atomic E-state index is 13.9. The minimum Gasteiger partial charge on any atom is -0.497 e. The summed E-state index contributed by atoms with van der Waals surface area (Å²) < 4.78 is 38.6. The number of methoxy groups -OCH3 is 1. The quantitative estimate of drug-likeness (QED) is 0.133. The highest BCUT2D eigenvalue weighted by atomic mass is 79.9. The fraction of sp³-hybridized carbons (Fsp3) is 0.143. The predicted octanol–water partition coefficient (Wildman–Crippen LogP) is 7.57. The van der Waals surface area contributed by atoms with Crippen molar-refractivity contribution in [1.29, 1.82) is 0 Å². The molecule has 5 aromatic rings. The molecule has 1 atom stereocenters. The van der Waals surface area contributed by atoms with Crippen LogP contribution in [0.1, 0.15) is 0 Å². The number of aromatic nitrogens is 1. The zero-order valence-electron chi connectivity index (χ0n) is 20.3. The van der Waals surface area contributed by atoms with Gasteiger partial charge in [0.05, 0.1) is 22.5 Å². The number of hydrogen-bond donors (Lipinski definition) is 1. The number of nitrogens with zero attached hydrogens (tertiary/aromatic N) is 2. The number of hydrogen-bond acceptors (Lipinski definition) is 4. The van der Waals surface area contributed by atoms with Gasteiger partial charge in [0.25, 0.3) is 10.0 Å². The first-order valence-electron chi connectivity index (χ1n) is 11.7. The van der Waals surface area contributed by atoms with Crippen molar-refractivity contribution >= 4 is 91.0 Å². The van der Waals surface area contributed by atoms with Crippen LogP contribution in [0.4, 0.5) is 11.4 Å². The van der Waals surface area contributed by atoms with Crippen molar-refractivity contribution in [3.63, 3.8) is 0 Å². The van der Waals surface area contributed by atoms with E-state index in [1.165, 1.54) is 16.4 Å². The lowest BCUT2D eigenvalue weighted by Crippen LogP contribution is -2.37. The predicted molar refractivity (Wildman–Crippen MR) is 166 cm³/mol. The summed E-state index contributed by atoms with van der Waals surface area (Å²) in [5.41, 5.74) is 9.01. The van der Waals surface area contributed by atoms with Gasteiger partial charge in [-0.25, -0.2) is 8.42 Å². The molecular formula is C28H24Br3N3O3S. The van der Waals surface area contributed by atoms with Gasteiger partial charge in [0.1, 0.15) is 5.75 Å². The molecule has 0 radical (unpaired) electrons. The van der Waals surface area contributed by atoms with Crippen molar-refractivity contribution in [2.75, 3.05) is 23.7 Å². The Balaban J connectivity index is 1.54. The van der Waals surface area contributed by atoms with E-state index < -0.39 is 10.0 Å². The summed E-state index contributed by atoms with van der Waals surface area (Å²) in [5, 5.41) is 2.24. The fourth-order valence-corrected chi connectivity index (χ4v) is 7.54. The molecule has 0 bridgehead atoms. The number of halogens is 3. The van der Waals surface area contributed by atoms with Crippen LogP contribution < -0.4 is 14.8 Å². The third kappa shape index (κ3) is 5.32. The summed E-state index contributed by atoms with van der Waals surface area (Å²) in [4.78, 5) is -0.0342. The molecule has 0 saturated carbocycles. The van der Waals surface area contributed by atoms with E-state index in [-0.39, 0.29) is 16.3 Å². The van der Waals surface area contributed by atoms with Gasteiger partial charge >= 0.3 is 0 Å². The number of benzene rings is 4. The Morgan fingerprint density at radius 2 is 1.42 bits per heavy atom. The molecule has 0 aliphatic carbocycles. The summed E-state index contributed by atoms with van der Waals surface area (Å²) >= 11 is 11.0. The second kappa shape index (κ2) is 10.9. The molecule has 0 saturated heterocycles. The summed E-state index contributed by atoms with van der Waals surface area (Å²) in [5.74, 6) is 0.650. The Hall–Kier alpha value is -2.53. The van der Waals surface area contributed by atoms with Gasteiger partial charge in [0.2, 0.25) is 0 Å². The van der Waals surface area contributed by atoms with Crippen molar-refractivity contribution in [2.45, 2.75) is 16.3 Å². The van der Waals surface area contributed by atoms with Gasteiger partial charge in [0, 0.05) is 49.5 Å². The number of sulfonamides is 1. The monoisotopic (exact) mass is 719 g/mol. The molecule has 2 N–H and O–H groups in total. The first-order valence-corrected chi connectivity index (χ1v) is 15.6. The van der Waals surface area contributed by atoms with Crippen LogP contribution in [0.15, 0.2) is 98.8 Å². The Kier molecular flexibility index (Phi) is 7.77. The smallest absolute Gasteiger partial charge is 0.264 e. The van der Waals surface area contributed by atoms with E-state index in [0.29, 0.717) is 23.7 Å². The molecule has 0 aliphatic heterocycles. The maximum Gasteiger partial charge on any atom is 0.264 e. The van der Waals surface area contributed by atoms with Crippen LogP contribution in [0.5, 0.6) is 5.75 Å². The number of ether oxygens (including phenoxy) is 1. The fourth-order valence-electron chi connectivity index (χ4n) is 4.54. The minimum atomic E-state index is -3.88. The summed E-state index contributed by atoms with van der Waals surface area (Å²) in [6, 6.07) is 25.7. The van der Waals surface area contributed by atoms with Crippen molar-refractivity contribution in [3.8, 4) is 5.75 Å². The van der Waals surface area contributed by atoms with Crippen molar-refractivity contribution in [3.05, 3.63) is 93.9 Å². The van der Waals surface area contributed by atoms with Gasteiger partial charge in [-0.05, 0) is 84.9 Å². The van der Waals surface area contributed by atoms with Gasteiger partial charge in [-0.1, -0.05) is 47.8 Å². The van der Waals surface area contributed by atoms with E-state index in [4.69, 9.17) is 10.5 Å². The van der Waals surface area contributed by atoms with E-state index in [9.17, 15) is 8.42 Å². The number of nitrogens with two attached hydrogens (primary N) is 1. The molecule has 1 heterocycles. The summed E-state index contributed by atoms with van der Waals surface area (Å²) in [7, 11) is -2.30. The van der Waals surface area contributed by atoms with Crippen molar-refractivity contribution in [2.24, 2.45) is 0 Å². The first-order chi connectivity index (χ1) is 18.2. The molecule has 38 heavy (non-hydrogen) atoms. The van der Waals surface area contributed by atoms with Crippen molar-refractivity contribution < 1.29 is 13.2 Å². The first kappa shape index (κ1) is 27.1. The van der Waals surface area contributed by atoms with E-state index in [1.807, 2.05) is 12.1 Å². The van der Waals surface area contributed by atoms with Crippen LogP contribution in [0, 0.1) is 0 Å². The van der Waals surface area contributed by atoms with Crippen LogP contribution in [0.2, 0.25) is 0 Å². The van der Waals surface area contributed by atoms with Crippen molar-refractivity contribution in [1.82, 2.24) is 4.57 Å². The van der Waals surface area contributed by atoms with Crippen LogP contribution in [0.25, 0.3) is 21.8 Å². The molecule has 0 amide bonds. The zero-order valence-corrected chi connectivity index (χ0v) is 25.9. The van der Waals surface area contributed by atoms with Gasteiger partial charge in [0.15, 0.2) is 0 Å². The number of alkyl halides is 1. The minimum absolute atomic E-state index is 0.175. The second-order valence-electron chi connectivity index (χ2n) is 8.83. The standard InChI is InChI=1S/C28H24Br3N3O3S/c1-37-23-8-6-22(7-9-23)34(38(35,36)24-10-4-21(32)5-11-24)17-20(31)16-33-27-12-2-18(29)14-25(27)26-15-19(30)3-13-28(26)33/h2-15,20H,16-17,32H2,1H3. The molecule has 1 aromatic heterocycles. The highest BCUT2D eigenvalue weighted by Gasteiger charge is 2.28. The zero-order chi connectivity index (χ0) is 27.0. The number of anilines is 2. The Labute approximate surface area is 246 Å². The average molecular weight is 722 g/mol. The highest BCUT2D eigenvalue weighted by molar-refractivity contribution is 9.10. The van der Waals surface area contributed by atoms with E-state index >= 15 is 0 Å². The van der Waals surface area contributed by atoms with Gasteiger partial charge in [-0.15, -0.1) is 0 Å². The van der Waals surface area contributed by atoms with Crippen LogP contribution in [0.3, 0.4) is 0 Å². The van der Waals surface area contributed by atoms with Crippen LogP contribution in [-0.2, 0) is 16.6 Å². The topological polar surface area (TPSA) is 77.6 Å². The molecule has 6 nitrogen and oxygen atoms in total. The second-order valence-corrected chi connectivity index (χ2v) is 13.8. The van der Waals surface area contributed by atoms with Gasteiger partial charge in [-0.2, -0.15) is 0 Å². The van der Waals surface area contributed by atoms with Crippen LogP contribution in [-0.4, -0.2) is 31.5 Å². The Morgan fingerprint density at radius 1 is 0.868 bits per heavy atom. The third-order valence-corrected chi connectivity index (χ3v) is 9.74. The van der Waals surface area contributed by atoms with E-state index in [1.54, 1.807) is 43.5 Å². The average Bonchev–Trinajstić information content (AvgIpc) is 3.19. The molecule has 5 rings (SSSR count). The Bertz CT molecular complexity index is 1660. The normalized spacial score (nSPS) is 12.6. The van der Waals surface area contributed by atoms with E-state index in [2.05, 4.69) is 76.6 Å². The molecule has 0 aliphatic rings. The molecule has 196 valence electrons. The molecule has 0 fully saturated rings. The molecular weight excluding hydrogens is 698 g/mol. The number of rotatable bonds is 8. The molecule has 1 unspecified atom stereocenters. The van der Waals surface area contributed by atoms with Gasteiger partial charge in [-0.3, -0.25) is 4.31 Å². The molecule has 4 aromatic carbocycles. The summed E-state index contributed by atoms with van der Waals surface area (Å²) in [6.45, 7) is 0.750. The lowest BCUT2D eigenvalue weighted by Gasteiger charge is -2.27. The Morgan fingerprint density at radius 3 is 1.95 bits per heavy atom. The lowest BCUT2D eigenvalue weighted by atomic mass is 10.2. The maximum atomic E-state index is 13.9. The molecule has 10 heteroatoms. The molecule has 0 spiro atoms. The van der Waals surface area contributed by atoms with Gasteiger partial charge < -0.3 is 15.0 Å². The summed E-state index contributed by atoms with van der Waals surface area (Å²) in [6.07, 6.45) is 0.